The summed E-state index contributed by atoms with van der Waals surface area (Å²) in [5, 5.41) is 0. The molecule has 0 aliphatic rings. The zero-order chi connectivity index (χ0) is 8.10. The fraction of sp³-hybridized carbons (Fsp3) is 0.111. The Kier molecular flexibility index (Phi) is 2.69. The van der Waals surface area contributed by atoms with E-state index in [9.17, 15) is 0 Å². The van der Waals surface area contributed by atoms with Gasteiger partial charge in [-0.1, -0.05) is 30.9 Å². The van der Waals surface area contributed by atoms with Crippen LogP contribution in [0.1, 0.15) is 5.56 Å². The molecule has 0 spiro atoms. The molecule has 0 saturated carbocycles. The molecule has 0 saturated heterocycles. The van der Waals surface area contributed by atoms with Crippen molar-refractivity contribution in [3.8, 4) is 0 Å². The summed E-state index contributed by atoms with van der Waals surface area (Å²) in [6.45, 7) is 3.71. The molecule has 0 heterocycles. The lowest BCUT2D eigenvalue weighted by Gasteiger charge is -2.06. The maximum Gasteiger partial charge on any atom is 0.0559 e. The van der Waals surface area contributed by atoms with Gasteiger partial charge in [0.25, 0.3) is 0 Å². The van der Waals surface area contributed by atoms with Crippen molar-refractivity contribution in [2.45, 2.75) is 0 Å². The molecule has 0 bridgehead atoms. The summed E-state index contributed by atoms with van der Waals surface area (Å²) in [7, 11) is 1.83. The highest BCUT2D eigenvalue weighted by Gasteiger charge is 1.93. The van der Waals surface area contributed by atoms with E-state index in [2.05, 4.69) is 17.4 Å². The molecule has 0 radical (unpaired) electrons. The monoisotopic (exact) mass is 148 g/mol. The van der Waals surface area contributed by atoms with Gasteiger partial charge in [0.05, 0.1) is 5.69 Å². The van der Waals surface area contributed by atoms with Crippen LogP contribution in [0, 0.1) is 0 Å². The van der Waals surface area contributed by atoms with E-state index in [4.69, 9.17) is 0 Å². The van der Waals surface area contributed by atoms with Crippen molar-refractivity contribution in [1.29, 1.82) is 0 Å². The molecule has 2 nitrogen and oxygen atoms in total. The lowest BCUT2D eigenvalue weighted by atomic mass is 10.2. The van der Waals surface area contributed by atoms with Crippen LogP contribution >= 0.6 is 0 Å². The van der Waals surface area contributed by atoms with Crippen LogP contribution in [0.15, 0.2) is 30.8 Å². The average molecular weight is 148 g/mol. The number of hydrazine groups is 1. The standard InChI is InChI=1S/C9H12N2/c1-3-8-6-4-5-7-9(8)11-10-2/h3-7,10-11H,1H2,2H3. The Morgan fingerprint density at radius 2 is 2.09 bits per heavy atom. The van der Waals surface area contributed by atoms with Crippen LogP contribution in [0.25, 0.3) is 6.08 Å². The second-order valence-electron chi connectivity index (χ2n) is 2.17. The Hall–Kier alpha value is -1.28. The zero-order valence-corrected chi connectivity index (χ0v) is 6.59. The Morgan fingerprint density at radius 1 is 1.36 bits per heavy atom. The third-order valence-electron chi connectivity index (χ3n) is 1.44. The smallest absolute Gasteiger partial charge is 0.0559 e. The summed E-state index contributed by atoms with van der Waals surface area (Å²) < 4.78 is 0. The number of benzene rings is 1. The molecule has 0 fully saturated rings. The summed E-state index contributed by atoms with van der Waals surface area (Å²) in [4.78, 5) is 0. The van der Waals surface area contributed by atoms with Crippen molar-refractivity contribution >= 4 is 11.8 Å². The molecule has 0 atom stereocenters. The molecule has 1 aromatic rings. The van der Waals surface area contributed by atoms with Gasteiger partial charge in [-0.25, -0.2) is 5.43 Å². The molecule has 2 N–H and O–H groups in total. The summed E-state index contributed by atoms with van der Waals surface area (Å²) in [6.07, 6.45) is 1.82. The summed E-state index contributed by atoms with van der Waals surface area (Å²) in [6, 6.07) is 7.96. The van der Waals surface area contributed by atoms with Crippen molar-refractivity contribution in [2.75, 3.05) is 12.5 Å². The largest absolute Gasteiger partial charge is 0.321 e. The molecule has 0 aliphatic carbocycles. The van der Waals surface area contributed by atoms with Crippen LogP contribution in [0.4, 0.5) is 5.69 Å². The van der Waals surface area contributed by atoms with Crippen LogP contribution in [-0.2, 0) is 0 Å². The van der Waals surface area contributed by atoms with Gasteiger partial charge < -0.3 is 5.43 Å². The predicted octanol–water partition coefficient (Wildman–Crippen LogP) is 1.88. The van der Waals surface area contributed by atoms with Crippen LogP contribution < -0.4 is 10.9 Å². The molecule has 58 valence electrons. The maximum atomic E-state index is 3.71. The Labute approximate surface area is 66.9 Å². The molecule has 0 unspecified atom stereocenters. The Balaban J connectivity index is 2.92. The number of nitrogens with one attached hydrogen (secondary N) is 2. The van der Waals surface area contributed by atoms with E-state index in [1.165, 1.54) is 0 Å². The summed E-state index contributed by atoms with van der Waals surface area (Å²) in [5.41, 5.74) is 8.01. The van der Waals surface area contributed by atoms with Crippen LogP contribution in [0.2, 0.25) is 0 Å². The second kappa shape index (κ2) is 3.78. The number of anilines is 1. The van der Waals surface area contributed by atoms with E-state index < -0.39 is 0 Å². The quantitative estimate of drug-likeness (QED) is 0.639. The van der Waals surface area contributed by atoms with Crippen molar-refractivity contribution < 1.29 is 0 Å². The maximum absolute atomic E-state index is 3.71. The van der Waals surface area contributed by atoms with E-state index in [1.807, 2.05) is 37.4 Å². The van der Waals surface area contributed by atoms with E-state index in [0.717, 1.165) is 11.3 Å². The van der Waals surface area contributed by atoms with Crippen molar-refractivity contribution in [3.05, 3.63) is 36.4 Å². The molecule has 11 heavy (non-hydrogen) atoms. The average Bonchev–Trinajstić information content (AvgIpc) is 2.06. The van der Waals surface area contributed by atoms with E-state index in [-0.39, 0.29) is 0 Å². The topological polar surface area (TPSA) is 24.1 Å². The van der Waals surface area contributed by atoms with E-state index >= 15 is 0 Å². The highest BCUT2D eigenvalue weighted by atomic mass is 15.3. The van der Waals surface area contributed by atoms with E-state index in [0.29, 0.717) is 0 Å². The lowest BCUT2D eigenvalue weighted by Crippen LogP contribution is -2.15. The van der Waals surface area contributed by atoms with Gasteiger partial charge in [-0.2, -0.15) is 0 Å². The normalized spacial score (nSPS) is 9.18. The molecule has 1 aromatic carbocycles. The minimum Gasteiger partial charge on any atom is -0.321 e. The Bertz CT molecular complexity index is 243. The predicted molar refractivity (Wildman–Crippen MR) is 49.2 cm³/mol. The second-order valence-corrected chi connectivity index (χ2v) is 2.17. The number of hydrogen-bond donors (Lipinski definition) is 2. The van der Waals surface area contributed by atoms with Gasteiger partial charge in [-0.05, 0) is 11.6 Å². The summed E-state index contributed by atoms with van der Waals surface area (Å²) in [5.74, 6) is 0. The highest BCUT2D eigenvalue weighted by molar-refractivity contribution is 5.64. The fourth-order valence-corrected chi connectivity index (χ4v) is 0.924. The van der Waals surface area contributed by atoms with Crippen molar-refractivity contribution in [2.24, 2.45) is 0 Å². The molecule has 0 aromatic heterocycles. The van der Waals surface area contributed by atoms with Gasteiger partial charge in [-0.3, -0.25) is 0 Å². The zero-order valence-electron chi connectivity index (χ0n) is 6.59. The molecular weight excluding hydrogens is 136 g/mol. The number of rotatable bonds is 3. The number of hydrogen-bond acceptors (Lipinski definition) is 2. The van der Waals surface area contributed by atoms with Gasteiger partial charge in [0, 0.05) is 7.05 Å². The fourth-order valence-electron chi connectivity index (χ4n) is 0.924. The minimum atomic E-state index is 1.05. The first-order valence-corrected chi connectivity index (χ1v) is 3.52. The van der Waals surface area contributed by atoms with Crippen LogP contribution in [-0.4, -0.2) is 7.05 Å². The van der Waals surface area contributed by atoms with Gasteiger partial charge in [0.15, 0.2) is 0 Å². The highest BCUT2D eigenvalue weighted by Crippen LogP contribution is 2.14. The molecule has 0 aliphatic heterocycles. The van der Waals surface area contributed by atoms with Crippen molar-refractivity contribution in [3.63, 3.8) is 0 Å². The van der Waals surface area contributed by atoms with Crippen LogP contribution in [0.3, 0.4) is 0 Å². The van der Waals surface area contributed by atoms with Gasteiger partial charge in [0.1, 0.15) is 0 Å². The van der Waals surface area contributed by atoms with Gasteiger partial charge in [0.2, 0.25) is 0 Å². The minimum absolute atomic E-state index is 1.05. The molecule has 2 heteroatoms. The third-order valence-corrected chi connectivity index (χ3v) is 1.44. The molecule has 1 rings (SSSR count). The first-order chi connectivity index (χ1) is 5.38. The molecule has 0 amide bonds. The lowest BCUT2D eigenvalue weighted by molar-refractivity contribution is 0.983. The van der Waals surface area contributed by atoms with Crippen molar-refractivity contribution in [1.82, 2.24) is 5.43 Å². The third kappa shape index (κ3) is 1.82. The van der Waals surface area contributed by atoms with Gasteiger partial charge in [-0.15, -0.1) is 0 Å². The first kappa shape index (κ1) is 7.82. The first-order valence-electron chi connectivity index (χ1n) is 3.52. The SMILES string of the molecule is C=Cc1ccccc1NNC. The van der Waals surface area contributed by atoms with E-state index in [1.54, 1.807) is 0 Å². The molecular formula is C9H12N2. The van der Waals surface area contributed by atoms with Crippen LogP contribution in [0.5, 0.6) is 0 Å². The Morgan fingerprint density at radius 3 is 2.73 bits per heavy atom. The number of para-hydroxylation sites is 1. The van der Waals surface area contributed by atoms with Gasteiger partial charge >= 0.3 is 0 Å². The summed E-state index contributed by atoms with van der Waals surface area (Å²) >= 11 is 0.